The molecule has 1 aromatic rings. The number of sulfonamides is 1. The first-order valence-corrected chi connectivity index (χ1v) is 7.85. The Kier molecular flexibility index (Phi) is 4.27. The Bertz CT molecular complexity index is 525. The highest BCUT2D eigenvalue weighted by molar-refractivity contribution is 7.89. The van der Waals surface area contributed by atoms with Crippen LogP contribution in [0.15, 0.2) is 23.1 Å². The standard InChI is InChI=1S/C12H17ClN2O2S/c1-9-11(13)5-2-6-12(9)18(16,17)15-10-4-3-7-14-8-10/h2,5-6,10,14-15H,3-4,7-8H2,1H3/t10-/m0/s1. The van der Waals surface area contributed by atoms with Crippen LogP contribution in [-0.2, 0) is 10.0 Å². The van der Waals surface area contributed by atoms with E-state index in [4.69, 9.17) is 11.6 Å². The lowest BCUT2D eigenvalue weighted by Gasteiger charge is -2.24. The van der Waals surface area contributed by atoms with Crippen LogP contribution in [-0.4, -0.2) is 27.5 Å². The summed E-state index contributed by atoms with van der Waals surface area (Å²) in [4.78, 5) is 0.264. The molecule has 0 bridgehead atoms. The lowest BCUT2D eigenvalue weighted by Crippen LogP contribution is -2.45. The number of halogens is 1. The molecule has 100 valence electrons. The molecule has 0 saturated carbocycles. The molecule has 0 amide bonds. The van der Waals surface area contributed by atoms with Crippen LogP contribution in [0.1, 0.15) is 18.4 Å². The van der Waals surface area contributed by atoms with E-state index in [9.17, 15) is 8.42 Å². The van der Waals surface area contributed by atoms with Crippen molar-refractivity contribution in [1.29, 1.82) is 0 Å². The summed E-state index contributed by atoms with van der Waals surface area (Å²) >= 11 is 5.96. The summed E-state index contributed by atoms with van der Waals surface area (Å²) in [5.74, 6) is 0. The van der Waals surface area contributed by atoms with Gasteiger partial charge in [-0.05, 0) is 44.0 Å². The molecule has 1 fully saturated rings. The second-order valence-electron chi connectivity index (χ2n) is 4.53. The second kappa shape index (κ2) is 5.57. The number of rotatable bonds is 3. The predicted octanol–water partition coefficient (Wildman–Crippen LogP) is 1.68. The summed E-state index contributed by atoms with van der Waals surface area (Å²) in [7, 11) is -3.49. The lowest BCUT2D eigenvalue weighted by molar-refractivity contribution is 0.428. The Balaban J connectivity index is 2.22. The summed E-state index contributed by atoms with van der Waals surface area (Å²) < 4.78 is 27.3. The van der Waals surface area contributed by atoms with Crippen molar-refractivity contribution in [3.05, 3.63) is 28.8 Å². The monoisotopic (exact) mass is 288 g/mol. The fraction of sp³-hybridized carbons (Fsp3) is 0.500. The van der Waals surface area contributed by atoms with Crippen LogP contribution in [0.5, 0.6) is 0 Å². The van der Waals surface area contributed by atoms with Gasteiger partial charge in [0.25, 0.3) is 0 Å². The summed E-state index contributed by atoms with van der Waals surface area (Å²) in [6, 6.07) is 4.89. The molecule has 18 heavy (non-hydrogen) atoms. The molecule has 2 N–H and O–H groups in total. The first kappa shape index (κ1) is 13.8. The SMILES string of the molecule is Cc1c(Cl)cccc1S(=O)(=O)N[C@H]1CCCNC1. The molecule has 0 aromatic heterocycles. The maximum absolute atomic E-state index is 12.3. The van der Waals surface area contributed by atoms with Crippen molar-refractivity contribution in [3.63, 3.8) is 0 Å². The third-order valence-electron chi connectivity index (χ3n) is 3.13. The van der Waals surface area contributed by atoms with E-state index in [-0.39, 0.29) is 10.9 Å². The fourth-order valence-electron chi connectivity index (χ4n) is 2.11. The van der Waals surface area contributed by atoms with Crippen LogP contribution in [0.3, 0.4) is 0 Å². The van der Waals surface area contributed by atoms with Gasteiger partial charge in [-0.3, -0.25) is 0 Å². The van der Waals surface area contributed by atoms with E-state index in [0.717, 1.165) is 19.4 Å². The van der Waals surface area contributed by atoms with Crippen molar-refractivity contribution in [1.82, 2.24) is 10.0 Å². The number of hydrogen-bond acceptors (Lipinski definition) is 3. The van der Waals surface area contributed by atoms with Crippen molar-refractivity contribution in [2.24, 2.45) is 0 Å². The number of piperidine rings is 1. The van der Waals surface area contributed by atoms with Gasteiger partial charge in [-0.15, -0.1) is 0 Å². The van der Waals surface area contributed by atoms with Crippen LogP contribution >= 0.6 is 11.6 Å². The highest BCUT2D eigenvalue weighted by Gasteiger charge is 2.23. The molecule has 1 aromatic carbocycles. The third-order valence-corrected chi connectivity index (χ3v) is 5.20. The van der Waals surface area contributed by atoms with E-state index in [0.29, 0.717) is 17.1 Å². The molecule has 1 aliphatic rings. The molecule has 1 aliphatic heterocycles. The summed E-state index contributed by atoms with van der Waals surface area (Å²) in [6.07, 6.45) is 1.85. The smallest absolute Gasteiger partial charge is 0.241 e. The average molecular weight is 289 g/mol. The van der Waals surface area contributed by atoms with Crippen LogP contribution in [0.25, 0.3) is 0 Å². The maximum Gasteiger partial charge on any atom is 0.241 e. The molecule has 0 aliphatic carbocycles. The van der Waals surface area contributed by atoms with Gasteiger partial charge < -0.3 is 5.32 Å². The van der Waals surface area contributed by atoms with E-state index in [1.807, 2.05) is 0 Å². The predicted molar refractivity (Wildman–Crippen MR) is 72.4 cm³/mol. The Labute approximate surface area is 113 Å². The quantitative estimate of drug-likeness (QED) is 0.890. The minimum absolute atomic E-state index is 0.0397. The Morgan fingerprint density at radius 3 is 2.89 bits per heavy atom. The topological polar surface area (TPSA) is 58.2 Å². The molecular formula is C12H17ClN2O2S. The van der Waals surface area contributed by atoms with E-state index in [1.54, 1.807) is 25.1 Å². The number of benzene rings is 1. The van der Waals surface area contributed by atoms with Gasteiger partial charge in [0.2, 0.25) is 10.0 Å². The molecule has 6 heteroatoms. The number of hydrogen-bond donors (Lipinski definition) is 2. The molecule has 2 rings (SSSR count). The minimum atomic E-state index is -3.49. The fourth-order valence-corrected chi connectivity index (χ4v) is 3.88. The summed E-state index contributed by atoms with van der Waals surface area (Å²) in [5, 5.41) is 3.65. The van der Waals surface area contributed by atoms with Crippen LogP contribution in [0.2, 0.25) is 5.02 Å². The number of nitrogens with one attached hydrogen (secondary N) is 2. The van der Waals surface area contributed by atoms with Gasteiger partial charge in [0.1, 0.15) is 0 Å². The van der Waals surface area contributed by atoms with E-state index in [2.05, 4.69) is 10.0 Å². The molecule has 1 atom stereocenters. The van der Waals surface area contributed by atoms with E-state index >= 15 is 0 Å². The highest BCUT2D eigenvalue weighted by Crippen LogP contribution is 2.23. The van der Waals surface area contributed by atoms with Crippen molar-refractivity contribution in [3.8, 4) is 0 Å². The Morgan fingerprint density at radius 2 is 2.22 bits per heavy atom. The maximum atomic E-state index is 12.3. The van der Waals surface area contributed by atoms with E-state index in [1.165, 1.54) is 0 Å². The van der Waals surface area contributed by atoms with Crippen molar-refractivity contribution < 1.29 is 8.42 Å². The highest BCUT2D eigenvalue weighted by atomic mass is 35.5. The minimum Gasteiger partial charge on any atom is -0.315 e. The van der Waals surface area contributed by atoms with Gasteiger partial charge in [-0.1, -0.05) is 17.7 Å². The first-order chi connectivity index (χ1) is 8.50. The van der Waals surface area contributed by atoms with Gasteiger partial charge in [0.15, 0.2) is 0 Å². The zero-order chi connectivity index (χ0) is 13.2. The van der Waals surface area contributed by atoms with Gasteiger partial charge >= 0.3 is 0 Å². The van der Waals surface area contributed by atoms with Crippen LogP contribution in [0.4, 0.5) is 0 Å². The summed E-state index contributed by atoms with van der Waals surface area (Å²) in [5.41, 5.74) is 0.593. The van der Waals surface area contributed by atoms with E-state index < -0.39 is 10.0 Å². The Morgan fingerprint density at radius 1 is 1.44 bits per heavy atom. The third kappa shape index (κ3) is 3.03. The molecule has 0 unspecified atom stereocenters. The average Bonchev–Trinajstić information content (AvgIpc) is 2.33. The molecule has 0 radical (unpaired) electrons. The van der Waals surface area contributed by atoms with Gasteiger partial charge in [-0.25, -0.2) is 13.1 Å². The molecule has 1 saturated heterocycles. The molecule has 0 spiro atoms. The molecule has 4 nitrogen and oxygen atoms in total. The van der Waals surface area contributed by atoms with Gasteiger partial charge in [0.05, 0.1) is 4.90 Å². The summed E-state index contributed by atoms with van der Waals surface area (Å²) in [6.45, 7) is 3.35. The normalized spacial score (nSPS) is 20.9. The van der Waals surface area contributed by atoms with Crippen molar-refractivity contribution in [2.45, 2.75) is 30.7 Å². The van der Waals surface area contributed by atoms with Gasteiger partial charge in [0, 0.05) is 17.6 Å². The zero-order valence-electron chi connectivity index (χ0n) is 10.2. The van der Waals surface area contributed by atoms with Crippen LogP contribution < -0.4 is 10.0 Å². The van der Waals surface area contributed by atoms with Crippen LogP contribution in [0, 0.1) is 6.92 Å². The Hall–Kier alpha value is -0.620. The largest absolute Gasteiger partial charge is 0.315 e. The van der Waals surface area contributed by atoms with Crippen molar-refractivity contribution in [2.75, 3.05) is 13.1 Å². The molecule has 1 heterocycles. The first-order valence-electron chi connectivity index (χ1n) is 5.99. The lowest BCUT2D eigenvalue weighted by atomic mass is 10.1. The second-order valence-corrected chi connectivity index (χ2v) is 6.62. The van der Waals surface area contributed by atoms with Crippen molar-refractivity contribution >= 4 is 21.6 Å². The molecular weight excluding hydrogens is 272 g/mol. The van der Waals surface area contributed by atoms with Gasteiger partial charge in [-0.2, -0.15) is 0 Å². The zero-order valence-corrected chi connectivity index (χ0v) is 11.8.